The lowest BCUT2D eigenvalue weighted by Gasteiger charge is -2.27. The van der Waals surface area contributed by atoms with Crippen molar-refractivity contribution in [2.45, 2.75) is 32.7 Å². The number of hydrogen-bond acceptors (Lipinski definition) is 1. The first-order chi connectivity index (χ1) is 8.49. The van der Waals surface area contributed by atoms with Crippen molar-refractivity contribution in [3.63, 3.8) is 0 Å². The SMILES string of the molecule is CC(C)N(CC1CC1)C(=O)c1ccc(F)c(Br)c1. The Morgan fingerprint density at radius 3 is 2.67 bits per heavy atom. The van der Waals surface area contributed by atoms with Gasteiger partial charge in [-0.1, -0.05) is 0 Å². The van der Waals surface area contributed by atoms with Gasteiger partial charge < -0.3 is 4.90 Å². The van der Waals surface area contributed by atoms with E-state index < -0.39 is 0 Å². The standard InChI is InChI=1S/C14H17BrFNO/c1-9(2)17(8-10-3-4-10)14(18)11-5-6-13(16)12(15)7-11/h5-7,9-10H,3-4,8H2,1-2H3. The molecule has 98 valence electrons. The molecule has 1 saturated carbocycles. The smallest absolute Gasteiger partial charge is 0.254 e. The topological polar surface area (TPSA) is 20.3 Å². The van der Waals surface area contributed by atoms with Crippen molar-refractivity contribution in [2.75, 3.05) is 6.54 Å². The third kappa shape index (κ3) is 3.10. The molecule has 1 aromatic carbocycles. The second-order valence-corrected chi connectivity index (χ2v) is 5.98. The Balaban J connectivity index is 2.18. The van der Waals surface area contributed by atoms with Crippen LogP contribution in [0.4, 0.5) is 4.39 Å². The van der Waals surface area contributed by atoms with Gasteiger partial charge in [-0.15, -0.1) is 0 Å². The number of rotatable bonds is 4. The Kier molecular flexibility index (Phi) is 4.05. The quantitative estimate of drug-likeness (QED) is 0.827. The largest absolute Gasteiger partial charge is 0.336 e. The maximum absolute atomic E-state index is 13.2. The molecule has 0 aliphatic heterocycles. The zero-order valence-corrected chi connectivity index (χ0v) is 12.2. The summed E-state index contributed by atoms with van der Waals surface area (Å²) in [5.41, 5.74) is 0.539. The minimum atomic E-state index is -0.343. The summed E-state index contributed by atoms with van der Waals surface area (Å²) in [5.74, 6) is 0.294. The summed E-state index contributed by atoms with van der Waals surface area (Å²) in [7, 11) is 0. The van der Waals surface area contributed by atoms with Crippen molar-refractivity contribution in [2.24, 2.45) is 5.92 Å². The van der Waals surface area contributed by atoms with Gasteiger partial charge in [-0.3, -0.25) is 4.79 Å². The molecule has 1 aromatic rings. The van der Waals surface area contributed by atoms with E-state index in [0.29, 0.717) is 16.0 Å². The first kappa shape index (κ1) is 13.5. The molecule has 18 heavy (non-hydrogen) atoms. The fourth-order valence-corrected chi connectivity index (χ4v) is 2.28. The molecule has 0 radical (unpaired) electrons. The van der Waals surface area contributed by atoms with Gasteiger partial charge in [0.15, 0.2) is 0 Å². The molecular weight excluding hydrogens is 297 g/mol. The van der Waals surface area contributed by atoms with E-state index in [0.717, 1.165) is 6.54 Å². The molecule has 1 amide bonds. The Bertz CT molecular complexity index is 457. The Morgan fingerprint density at radius 1 is 1.50 bits per heavy atom. The molecule has 1 aliphatic carbocycles. The van der Waals surface area contributed by atoms with Crippen LogP contribution in [0.15, 0.2) is 22.7 Å². The molecule has 0 atom stereocenters. The average molecular weight is 314 g/mol. The molecule has 0 N–H and O–H groups in total. The Hall–Kier alpha value is -0.900. The molecule has 4 heteroatoms. The Labute approximate surface area is 115 Å². The van der Waals surface area contributed by atoms with E-state index in [1.165, 1.54) is 18.9 Å². The minimum absolute atomic E-state index is 0.0161. The van der Waals surface area contributed by atoms with Crippen LogP contribution in [0.1, 0.15) is 37.0 Å². The van der Waals surface area contributed by atoms with E-state index in [-0.39, 0.29) is 17.8 Å². The lowest BCUT2D eigenvalue weighted by molar-refractivity contribution is 0.0696. The van der Waals surface area contributed by atoms with Gasteiger partial charge >= 0.3 is 0 Å². The summed E-state index contributed by atoms with van der Waals surface area (Å²) in [6, 6.07) is 4.60. The highest BCUT2D eigenvalue weighted by atomic mass is 79.9. The molecular formula is C14H17BrFNO. The van der Waals surface area contributed by atoms with E-state index >= 15 is 0 Å². The van der Waals surface area contributed by atoms with E-state index in [1.807, 2.05) is 18.7 Å². The van der Waals surface area contributed by atoms with Crippen LogP contribution in [-0.2, 0) is 0 Å². The summed E-state index contributed by atoms with van der Waals surface area (Å²) in [6.07, 6.45) is 2.42. The third-order valence-corrected chi connectivity index (χ3v) is 3.81. The third-order valence-electron chi connectivity index (χ3n) is 3.20. The predicted molar refractivity (Wildman–Crippen MR) is 73.0 cm³/mol. The van der Waals surface area contributed by atoms with Gasteiger partial charge in [-0.2, -0.15) is 0 Å². The number of benzene rings is 1. The van der Waals surface area contributed by atoms with Crippen molar-refractivity contribution < 1.29 is 9.18 Å². The van der Waals surface area contributed by atoms with Crippen LogP contribution in [0.25, 0.3) is 0 Å². The van der Waals surface area contributed by atoms with Gasteiger partial charge in [0.25, 0.3) is 5.91 Å². The van der Waals surface area contributed by atoms with Gasteiger partial charge in [0.1, 0.15) is 5.82 Å². The van der Waals surface area contributed by atoms with Crippen molar-refractivity contribution >= 4 is 21.8 Å². The minimum Gasteiger partial charge on any atom is -0.336 e. The molecule has 0 spiro atoms. The number of nitrogens with zero attached hydrogens (tertiary/aromatic N) is 1. The molecule has 0 unspecified atom stereocenters. The maximum atomic E-state index is 13.2. The highest BCUT2D eigenvalue weighted by molar-refractivity contribution is 9.10. The van der Waals surface area contributed by atoms with Crippen LogP contribution >= 0.6 is 15.9 Å². The van der Waals surface area contributed by atoms with E-state index in [1.54, 1.807) is 12.1 Å². The van der Waals surface area contributed by atoms with Crippen LogP contribution in [0, 0.1) is 11.7 Å². The van der Waals surface area contributed by atoms with E-state index in [2.05, 4.69) is 15.9 Å². The van der Waals surface area contributed by atoms with E-state index in [9.17, 15) is 9.18 Å². The van der Waals surface area contributed by atoms with Gasteiger partial charge in [0.05, 0.1) is 4.47 Å². The molecule has 0 aromatic heterocycles. The second-order valence-electron chi connectivity index (χ2n) is 5.12. The fraction of sp³-hybridized carbons (Fsp3) is 0.500. The Morgan fingerprint density at radius 2 is 2.17 bits per heavy atom. The predicted octanol–water partition coefficient (Wildman–Crippen LogP) is 3.85. The number of halogens is 2. The lowest BCUT2D eigenvalue weighted by atomic mass is 10.1. The molecule has 0 bridgehead atoms. The van der Waals surface area contributed by atoms with Crippen LogP contribution < -0.4 is 0 Å². The summed E-state index contributed by atoms with van der Waals surface area (Å²) < 4.78 is 13.5. The lowest BCUT2D eigenvalue weighted by Crippen LogP contribution is -2.38. The molecule has 2 rings (SSSR count). The average Bonchev–Trinajstić information content (AvgIpc) is 3.12. The summed E-state index contributed by atoms with van der Waals surface area (Å²) in [5, 5.41) is 0. The normalized spacial score (nSPS) is 14.9. The van der Waals surface area contributed by atoms with Crippen LogP contribution in [0.2, 0.25) is 0 Å². The van der Waals surface area contributed by atoms with Crippen LogP contribution in [0.5, 0.6) is 0 Å². The fourth-order valence-electron chi connectivity index (χ4n) is 1.90. The monoisotopic (exact) mass is 313 g/mol. The zero-order valence-electron chi connectivity index (χ0n) is 10.6. The summed E-state index contributed by atoms with van der Waals surface area (Å²) >= 11 is 3.12. The highest BCUT2D eigenvalue weighted by Gasteiger charge is 2.28. The van der Waals surface area contributed by atoms with Gasteiger partial charge in [-0.25, -0.2) is 4.39 Å². The second kappa shape index (κ2) is 5.39. The molecule has 0 heterocycles. The van der Waals surface area contributed by atoms with Crippen molar-refractivity contribution in [1.82, 2.24) is 4.90 Å². The summed E-state index contributed by atoms with van der Waals surface area (Å²) in [6.45, 7) is 4.84. The van der Waals surface area contributed by atoms with Gasteiger partial charge in [0.2, 0.25) is 0 Å². The van der Waals surface area contributed by atoms with Crippen LogP contribution in [-0.4, -0.2) is 23.4 Å². The molecule has 0 saturated heterocycles. The van der Waals surface area contributed by atoms with Crippen molar-refractivity contribution in [3.8, 4) is 0 Å². The number of hydrogen-bond donors (Lipinski definition) is 0. The van der Waals surface area contributed by atoms with Gasteiger partial charge in [0, 0.05) is 18.2 Å². The summed E-state index contributed by atoms with van der Waals surface area (Å²) in [4.78, 5) is 14.3. The first-order valence-electron chi connectivity index (χ1n) is 6.25. The van der Waals surface area contributed by atoms with Crippen LogP contribution in [0.3, 0.4) is 0 Å². The highest BCUT2D eigenvalue weighted by Crippen LogP contribution is 2.31. The van der Waals surface area contributed by atoms with E-state index in [4.69, 9.17) is 0 Å². The van der Waals surface area contributed by atoms with Crippen molar-refractivity contribution in [1.29, 1.82) is 0 Å². The maximum Gasteiger partial charge on any atom is 0.254 e. The number of carbonyl (C=O) groups is 1. The van der Waals surface area contributed by atoms with Crippen molar-refractivity contribution in [3.05, 3.63) is 34.1 Å². The zero-order chi connectivity index (χ0) is 13.3. The molecule has 1 fully saturated rings. The van der Waals surface area contributed by atoms with Gasteiger partial charge in [-0.05, 0) is 66.7 Å². The molecule has 2 nitrogen and oxygen atoms in total. The molecule has 1 aliphatic rings. The number of carbonyl (C=O) groups excluding carboxylic acids is 1. The number of amides is 1. The first-order valence-corrected chi connectivity index (χ1v) is 7.04.